The molecule has 0 saturated heterocycles. The Morgan fingerprint density at radius 2 is 1.55 bits per heavy atom. The van der Waals surface area contributed by atoms with Gasteiger partial charge in [0.15, 0.2) is 9.84 Å². The van der Waals surface area contributed by atoms with Crippen molar-refractivity contribution in [2.45, 2.75) is 17.3 Å². The quantitative estimate of drug-likeness (QED) is 0.407. The van der Waals surface area contributed by atoms with Gasteiger partial charge in [-0.1, -0.05) is 35.5 Å². The van der Waals surface area contributed by atoms with Gasteiger partial charge in [-0.2, -0.15) is 4.98 Å². The highest BCUT2D eigenvalue weighted by Gasteiger charge is 2.20. The Hall–Kier alpha value is -3.65. The van der Waals surface area contributed by atoms with Gasteiger partial charge in [-0.05, 0) is 54.1 Å². The Balaban J connectivity index is 1.42. The summed E-state index contributed by atoms with van der Waals surface area (Å²) in [5.74, 6) is 1.24. The highest BCUT2D eigenvalue weighted by Crippen LogP contribution is 2.23. The van der Waals surface area contributed by atoms with Crippen LogP contribution in [0.15, 0.2) is 88.3 Å². The fourth-order valence-electron chi connectivity index (χ4n) is 2.90. The molecule has 0 fully saturated rings. The number of hydrogen-bond donors (Lipinski definition) is 0. The van der Waals surface area contributed by atoms with Crippen LogP contribution in [0.25, 0.3) is 11.4 Å². The topological polar surface area (TPSA) is 91.5 Å². The van der Waals surface area contributed by atoms with Crippen molar-refractivity contribution in [3.8, 4) is 22.9 Å². The molecular formula is C23H20N2O5S. The smallest absolute Gasteiger partial charge is 0.242 e. The lowest BCUT2D eigenvalue weighted by Gasteiger charge is -2.06. The molecule has 0 amide bonds. The van der Waals surface area contributed by atoms with Crippen LogP contribution in [-0.4, -0.2) is 25.7 Å². The summed E-state index contributed by atoms with van der Waals surface area (Å²) in [5, 5.41) is 3.90. The number of hydrogen-bond acceptors (Lipinski definition) is 7. The lowest BCUT2D eigenvalue weighted by atomic mass is 10.2. The highest BCUT2D eigenvalue weighted by atomic mass is 32.2. The van der Waals surface area contributed by atoms with E-state index in [4.69, 9.17) is 14.0 Å². The molecule has 31 heavy (non-hydrogen) atoms. The van der Waals surface area contributed by atoms with E-state index in [2.05, 4.69) is 10.1 Å². The lowest BCUT2D eigenvalue weighted by molar-refractivity contribution is 0.306. The summed E-state index contributed by atoms with van der Waals surface area (Å²) in [5.41, 5.74) is 1.77. The van der Waals surface area contributed by atoms with Crippen LogP contribution in [0.4, 0.5) is 0 Å². The van der Waals surface area contributed by atoms with Crippen molar-refractivity contribution in [3.05, 3.63) is 90.3 Å². The number of nitrogens with zero attached hydrogens (tertiary/aromatic N) is 2. The Kier molecular flexibility index (Phi) is 5.99. The third kappa shape index (κ3) is 5.10. The summed E-state index contributed by atoms with van der Waals surface area (Å²) in [6, 6.07) is 23.2. The fourth-order valence-corrected chi connectivity index (χ4v) is 4.06. The number of benzene rings is 3. The zero-order chi connectivity index (χ0) is 21.7. The van der Waals surface area contributed by atoms with Gasteiger partial charge in [-0.25, -0.2) is 8.42 Å². The normalized spacial score (nSPS) is 11.3. The van der Waals surface area contributed by atoms with Crippen LogP contribution in [0.1, 0.15) is 11.5 Å². The van der Waals surface area contributed by atoms with Crippen LogP contribution in [0.5, 0.6) is 11.5 Å². The molecule has 158 valence electrons. The lowest BCUT2D eigenvalue weighted by Crippen LogP contribution is -2.05. The van der Waals surface area contributed by atoms with E-state index in [1.807, 2.05) is 42.5 Å². The number of aromatic nitrogens is 2. The van der Waals surface area contributed by atoms with Crippen LogP contribution < -0.4 is 9.47 Å². The van der Waals surface area contributed by atoms with Crippen molar-refractivity contribution in [1.29, 1.82) is 0 Å². The van der Waals surface area contributed by atoms with E-state index in [9.17, 15) is 8.42 Å². The van der Waals surface area contributed by atoms with E-state index in [1.165, 1.54) is 19.2 Å². The second kappa shape index (κ2) is 9.01. The first-order valence-electron chi connectivity index (χ1n) is 9.50. The minimum Gasteiger partial charge on any atom is -0.497 e. The average Bonchev–Trinajstić information content (AvgIpc) is 3.26. The molecule has 8 heteroatoms. The molecule has 7 nitrogen and oxygen atoms in total. The Morgan fingerprint density at radius 1 is 0.871 bits per heavy atom. The van der Waals surface area contributed by atoms with Crippen molar-refractivity contribution < 1.29 is 22.4 Å². The van der Waals surface area contributed by atoms with E-state index in [0.717, 1.165) is 5.56 Å². The molecule has 0 aliphatic heterocycles. The molecule has 1 heterocycles. The molecule has 1 aromatic heterocycles. The second-order valence-electron chi connectivity index (χ2n) is 6.74. The van der Waals surface area contributed by atoms with Crippen LogP contribution in [0.2, 0.25) is 0 Å². The summed E-state index contributed by atoms with van der Waals surface area (Å²) in [6.07, 6.45) is 0. The van der Waals surface area contributed by atoms with E-state index >= 15 is 0 Å². The van der Waals surface area contributed by atoms with Gasteiger partial charge in [-0.3, -0.25) is 0 Å². The Labute approximate surface area is 180 Å². The van der Waals surface area contributed by atoms with Crippen molar-refractivity contribution >= 4 is 9.84 Å². The van der Waals surface area contributed by atoms with Gasteiger partial charge in [0.05, 0.1) is 12.0 Å². The van der Waals surface area contributed by atoms with Gasteiger partial charge in [0.25, 0.3) is 0 Å². The van der Waals surface area contributed by atoms with Gasteiger partial charge in [0.1, 0.15) is 23.9 Å². The molecule has 0 radical (unpaired) electrons. The maximum atomic E-state index is 12.6. The predicted octanol–water partition coefficient (Wildman–Crippen LogP) is 4.30. The monoisotopic (exact) mass is 436 g/mol. The van der Waals surface area contributed by atoms with Crippen LogP contribution in [-0.2, 0) is 22.2 Å². The number of sulfone groups is 1. The molecule has 0 aliphatic carbocycles. The molecule has 0 spiro atoms. The van der Waals surface area contributed by atoms with Crippen molar-refractivity contribution in [3.63, 3.8) is 0 Å². The van der Waals surface area contributed by atoms with Crippen molar-refractivity contribution in [1.82, 2.24) is 10.1 Å². The number of ether oxygens (including phenoxy) is 2. The fraction of sp³-hybridized carbons (Fsp3) is 0.130. The SMILES string of the molecule is COc1ccc(S(=O)(=O)Cc2nc(-c3ccc(OCc4ccccc4)cc3)no2)cc1. The molecule has 4 aromatic rings. The van der Waals surface area contributed by atoms with Gasteiger partial charge in [-0.15, -0.1) is 0 Å². The summed E-state index contributed by atoms with van der Waals surface area (Å²) < 4.78 is 41.2. The second-order valence-corrected chi connectivity index (χ2v) is 8.73. The summed E-state index contributed by atoms with van der Waals surface area (Å²) in [7, 11) is -2.10. The largest absolute Gasteiger partial charge is 0.497 e. The van der Waals surface area contributed by atoms with Gasteiger partial charge in [0, 0.05) is 5.56 Å². The minimum absolute atomic E-state index is 0.0234. The molecule has 0 bridgehead atoms. The van der Waals surface area contributed by atoms with Crippen molar-refractivity contribution in [2.75, 3.05) is 7.11 Å². The van der Waals surface area contributed by atoms with E-state index in [0.29, 0.717) is 29.5 Å². The Bertz CT molecular complexity index is 1240. The van der Waals surface area contributed by atoms with Crippen molar-refractivity contribution in [2.24, 2.45) is 0 Å². The molecule has 0 aliphatic rings. The Morgan fingerprint density at radius 3 is 2.23 bits per heavy atom. The number of rotatable bonds is 8. The first kappa shape index (κ1) is 20.6. The van der Waals surface area contributed by atoms with E-state index < -0.39 is 9.84 Å². The minimum atomic E-state index is -3.62. The highest BCUT2D eigenvalue weighted by molar-refractivity contribution is 7.90. The zero-order valence-corrected chi connectivity index (χ0v) is 17.6. The first-order valence-corrected chi connectivity index (χ1v) is 11.2. The van der Waals surface area contributed by atoms with Crippen LogP contribution >= 0.6 is 0 Å². The maximum absolute atomic E-state index is 12.6. The van der Waals surface area contributed by atoms with Gasteiger partial charge >= 0.3 is 0 Å². The van der Waals surface area contributed by atoms with Gasteiger partial charge in [0.2, 0.25) is 11.7 Å². The van der Waals surface area contributed by atoms with E-state index in [-0.39, 0.29) is 16.5 Å². The molecule has 0 N–H and O–H groups in total. The molecule has 0 atom stereocenters. The van der Waals surface area contributed by atoms with Gasteiger partial charge < -0.3 is 14.0 Å². The van der Waals surface area contributed by atoms with Crippen LogP contribution in [0.3, 0.4) is 0 Å². The third-order valence-corrected chi connectivity index (χ3v) is 6.18. The standard InChI is InChI=1S/C23H20N2O5S/c1-28-19-11-13-21(14-12-19)31(26,27)16-22-24-23(25-30-22)18-7-9-20(10-8-18)29-15-17-5-3-2-4-6-17/h2-14H,15-16H2,1H3. The van der Waals surface area contributed by atoms with E-state index in [1.54, 1.807) is 24.3 Å². The maximum Gasteiger partial charge on any atom is 0.242 e. The molecule has 4 rings (SSSR count). The summed E-state index contributed by atoms with van der Waals surface area (Å²) >= 11 is 0. The average molecular weight is 436 g/mol. The number of methoxy groups -OCH3 is 1. The zero-order valence-electron chi connectivity index (χ0n) is 16.8. The van der Waals surface area contributed by atoms with Crippen LogP contribution in [0, 0.1) is 0 Å². The third-order valence-electron chi connectivity index (χ3n) is 4.56. The first-order chi connectivity index (χ1) is 15.0. The molecular weight excluding hydrogens is 416 g/mol. The molecule has 0 unspecified atom stereocenters. The summed E-state index contributed by atoms with van der Waals surface area (Å²) in [4.78, 5) is 4.39. The molecule has 3 aromatic carbocycles. The summed E-state index contributed by atoms with van der Waals surface area (Å²) in [6.45, 7) is 0.468. The predicted molar refractivity (Wildman–Crippen MR) is 114 cm³/mol. The molecule has 0 saturated carbocycles.